The van der Waals surface area contributed by atoms with E-state index in [-0.39, 0.29) is 37.4 Å². The molecule has 0 aromatic heterocycles. The van der Waals surface area contributed by atoms with Gasteiger partial charge in [0, 0.05) is 47.7 Å². The van der Waals surface area contributed by atoms with Crippen molar-refractivity contribution in [1.29, 1.82) is 0 Å². The number of hydrogen-bond acceptors (Lipinski definition) is 8. The fourth-order valence-electron chi connectivity index (χ4n) is 8.65. The molecule has 44 heavy (non-hydrogen) atoms. The van der Waals surface area contributed by atoms with Crippen molar-refractivity contribution in [3.63, 3.8) is 0 Å². The third-order valence-corrected chi connectivity index (χ3v) is 15.2. The number of rotatable bonds is 6. The van der Waals surface area contributed by atoms with Gasteiger partial charge in [0.25, 0.3) is 0 Å². The number of anilines is 1. The molecule has 4 fully saturated rings. The molecule has 2 aliphatic carbocycles. The van der Waals surface area contributed by atoms with E-state index in [1.807, 2.05) is 0 Å². The first-order valence-electron chi connectivity index (χ1n) is 15.9. The Morgan fingerprint density at radius 2 is 1.05 bits per heavy atom. The van der Waals surface area contributed by atoms with Gasteiger partial charge in [0.05, 0.1) is 15.5 Å². The Morgan fingerprint density at radius 3 is 1.48 bits per heavy atom. The molecule has 3 aromatic rings. The van der Waals surface area contributed by atoms with Crippen LogP contribution in [0.25, 0.3) is 21.5 Å². The van der Waals surface area contributed by atoms with Crippen LogP contribution in [0.5, 0.6) is 0 Å². The second kappa shape index (κ2) is 11.0. The number of nitrogens with zero attached hydrogens (tertiary/aromatic N) is 3. The molecule has 0 amide bonds. The topological polar surface area (TPSA) is 136 Å². The summed E-state index contributed by atoms with van der Waals surface area (Å²) in [4.78, 5) is 12.4. The number of nitroso groups, excluding NO2 is 1. The third kappa shape index (κ3) is 4.84. The Kier molecular flexibility index (Phi) is 7.52. The van der Waals surface area contributed by atoms with Gasteiger partial charge in [-0.1, -0.05) is 37.8 Å². The first-order valence-corrected chi connectivity index (χ1v) is 18.8. The molecule has 12 heteroatoms. The van der Waals surface area contributed by atoms with E-state index in [0.717, 1.165) is 38.5 Å². The molecule has 2 aliphatic heterocycles. The number of sulfonamides is 2. The summed E-state index contributed by atoms with van der Waals surface area (Å²) in [6, 6.07) is 8.92. The van der Waals surface area contributed by atoms with Gasteiger partial charge in [0.15, 0.2) is 0 Å². The molecule has 0 unspecified atom stereocenters. The maximum Gasteiger partial charge on any atom is 0.243 e. The zero-order valence-electron chi connectivity index (χ0n) is 24.9. The normalized spacial score (nSPS) is 22.8. The molecule has 0 bridgehead atoms. The second-order valence-corrected chi connectivity index (χ2v) is 17.4. The minimum atomic E-state index is -3.82. The Hall–Kier alpha value is -2.64. The van der Waals surface area contributed by atoms with E-state index >= 15 is 0 Å². The van der Waals surface area contributed by atoms with Gasteiger partial charge >= 0.3 is 0 Å². The van der Waals surface area contributed by atoms with Gasteiger partial charge in [-0.2, -0.15) is 8.61 Å². The monoisotopic (exact) mass is 640 g/mol. The molecule has 2 saturated carbocycles. The fourth-order valence-corrected chi connectivity index (χ4v) is 11.6. The van der Waals surface area contributed by atoms with E-state index < -0.39 is 20.0 Å². The number of nitrogens with one attached hydrogen (secondary N) is 1. The van der Waals surface area contributed by atoms with Crippen LogP contribution in [0.1, 0.15) is 77.0 Å². The van der Waals surface area contributed by atoms with Crippen LogP contribution in [0.3, 0.4) is 0 Å². The lowest BCUT2D eigenvalue weighted by Gasteiger charge is -2.38. The lowest BCUT2D eigenvalue weighted by Crippen LogP contribution is -2.42. The lowest BCUT2D eigenvalue weighted by atomic mass is 9.78. The van der Waals surface area contributed by atoms with Gasteiger partial charge in [-0.05, 0) is 91.6 Å². The summed E-state index contributed by atoms with van der Waals surface area (Å²) in [5, 5.41) is 14.8. The molecular formula is C32H40N4O6S2. The third-order valence-electron chi connectivity index (χ3n) is 11.4. The van der Waals surface area contributed by atoms with E-state index in [0.29, 0.717) is 42.3 Å². The molecule has 2 saturated heterocycles. The average Bonchev–Trinajstić information content (AvgIpc) is 3.69. The van der Waals surface area contributed by atoms with Gasteiger partial charge in [-0.3, -0.25) is 10.7 Å². The van der Waals surface area contributed by atoms with Gasteiger partial charge in [-0.15, -0.1) is 4.91 Å². The summed E-state index contributed by atoms with van der Waals surface area (Å²) < 4.78 is 58.0. The molecule has 10 nitrogen and oxygen atoms in total. The van der Waals surface area contributed by atoms with E-state index in [4.69, 9.17) is 0 Å². The largest absolute Gasteiger partial charge is 0.291 e. The van der Waals surface area contributed by atoms with Gasteiger partial charge in [0.1, 0.15) is 5.69 Å². The van der Waals surface area contributed by atoms with E-state index in [1.165, 1.54) is 77.5 Å². The summed E-state index contributed by atoms with van der Waals surface area (Å²) in [5.41, 5.74) is 2.92. The molecule has 2 heterocycles. The predicted molar refractivity (Wildman–Crippen MR) is 170 cm³/mol. The Labute approximate surface area is 258 Å². The lowest BCUT2D eigenvalue weighted by molar-refractivity contribution is 0.160. The van der Waals surface area contributed by atoms with Crippen molar-refractivity contribution in [2.24, 2.45) is 16.0 Å². The highest BCUT2D eigenvalue weighted by atomic mass is 32.2. The molecule has 2 N–H and O–H groups in total. The maximum absolute atomic E-state index is 13.7. The zero-order chi connectivity index (χ0) is 30.7. The fraction of sp³-hybridized carbons (Fsp3) is 0.562. The zero-order valence-corrected chi connectivity index (χ0v) is 26.6. The Balaban J connectivity index is 1.24. The molecule has 2 spiro atoms. The predicted octanol–water partition coefficient (Wildman–Crippen LogP) is 6.88. The first-order chi connectivity index (χ1) is 21.1. The highest BCUT2D eigenvalue weighted by molar-refractivity contribution is 7.89. The maximum atomic E-state index is 13.7. The SMILES string of the molecule is O=Nc1c2cc(S(=O)(=O)N3CCC4(CCCC4)CC3)ccc2c(NO)c2cc(S(=O)(=O)N3CCC4(CCCC4)CC3)ccc12. The van der Waals surface area contributed by atoms with Gasteiger partial charge < -0.3 is 0 Å². The molecule has 0 radical (unpaired) electrons. The Bertz CT molecular complexity index is 1830. The minimum absolute atomic E-state index is 0.000279. The first kappa shape index (κ1) is 30.0. The number of piperidine rings is 2. The molecular weight excluding hydrogens is 601 g/mol. The average molecular weight is 641 g/mol. The van der Waals surface area contributed by atoms with Crippen molar-refractivity contribution in [3.05, 3.63) is 41.3 Å². The molecule has 7 rings (SSSR count). The number of hydrogen-bond donors (Lipinski definition) is 2. The summed E-state index contributed by atoms with van der Waals surface area (Å²) in [7, 11) is -7.64. The quantitative estimate of drug-likeness (QED) is 0.170. The van der Waals surface area contributed by atoms with E-state index in [2.05, 4.69) is 10.7 Å². The summed E-state index contributed by atoms with van der Waals surface area (Å²) in [6.07, 6.45) is 12.9. The van der Waals surface area contributed by atoms with E-state index in [1.54, 1.807) is 6.07 Å². The van der Waals surface area contributed by atoms with Crippen LogP contribution < -0.4 is 5.48 Å². The van der Waals surface area contributed by atoms with Crippen molar-refractivity contribution in [3.8, 4) is 0 Å². The van der Waals surface area contributed by atoms with Crippen molar-refractivity contribution >= 4 is 53.0 Å². The van der Waals surface area contributed by atoms with E-state index in [9.17, 15) is 26.9 Å². The van der Waals surface area contributed by atoms with Crippen molar-refractivity contribution in [2.45, 2.75) is 86.8 Å². The van der Waals surface area contributed by atoms with Crippen LogP contribution in [0.2, 0.25) is 0 Å². The highest BCUT2D eigenvalue weighted by Gasteiger charge is 2.41. The summed E-state index contributed by atoms with van der Waals surface area (Å²) >= 11 is 0. The van der Waals surface area contributed by atoms with Crippen molar-refractivity contribution < 1.29 is 22.0 Å². The van der Waals surface area contributed by atoms with Crippen LogP contribution in [0.4, 0.5) is 11.4 Å². The van der Waals surface area contributed by atoms with Crippen molar-refractivity contribution in [1.82, 2.24) is 8.61 Å². The number of benzene rings is 3. The smallest absolute Gasteiger partial charge is 0.243 e. The molecule has 236 valence electrons. The Morgan fingerprint density at radius 1 is 0.614 bits per heavy atom. The van der Waals surface area contributed by atoms with Crippen LogP contribution in [-0.4, -0.2) is 56.8 Å². The van der Waals surface area contributed by atoms with Crippen LogP contribution >= 0.6 is 0 Å². The molecule has 4 aliphatic rings. The highest BCUT2D eigenvalue weighted by Crippen LogP contribution is 2.49. The van der Waals surface area contributed by atoms with Crippen molar-refractivity contribution in [2.75, 3.05) is 31.7 Å². The molecule has 3 aromatic carbocycles. The molecule has 0 atom stereocenters. The standard InChI is InChI=1S/C32H40N4O6S2/c37-33-29-26-8-6-24(44(41,42)36-19-15-32(16-20-36)11-3-4-12-32)22-28(26)30(34-38)25-7-5-23(21-27(25)29)43(39,40)35-17-13-31(14-18-35)9-1-2-10-31/h5-8,21-22,33,37H,1-4,9-20H2. The van der Waals surface area contributed by atoms with Crippen LogP contribution in [0.15, 0.2) is 51.4 Å². The van der Waals surface area contributed by atoms with Gasteiger partial charge in [0.2, 0.25) is 20.0 Å². The summed E-state index contributed by atoms with van der Waals surface area (Å²) in [5.74, 6) is 0. The minimum Gasteiger partial charge on any atom is -0.291 e. The number of fused-ring (bicyclic) bond motifs is 2. The van der Waals surface area contributed by atoms with Crippen LogP contribution in [-0.2, 0) is 20.0 Å². The van der Waals surface area contributed by atoms with Crippen LogP contribution in [0, 0.1) is 15.7 Å². The van der Waals surface area contributed by atoms with Gasteiger partial charge in [-0.25, -0.2) is 16.8 Å². The summed E-state index contributed by atoms with van der Waals surface area (Å²) in [6.45, 7) is 1.88. The second-order valence-electron chi connectivity index (χ2n) is 13.6.